The molecule has 1 aromatic rings. The number of benzene rings is 1. The minimum Gasteiger partial charge on any atom is -0.355 e. The molecule has 1 aliphatic rings. The van der Waals surface area contributed by atoms with Gasteiger partial charge >= 0.3 is 0 Å². The van der Waals surface area contributed by atoms with Crippen molar-refractivity contribution in [1.82, 2.24) is 20.4 Å². The van der Waals surface area contributed by atoms with E-state index in [9.17, 15) is 0 Å². The zero-order chi connectivity index (χ0) is 18.6. The lowest BCUT2D eigenvalue weighted by molar-refractivity contribution is 0.331. The van der Waals surface area contributed by atoms with E-state index in [1.165, 1.54) is 49.9 Å². The summed E-state index contributed by atoms with van der Waals surface area (Å²) in [5.74, 6) is 0.870. The van der Waals surface area contributed by atoms with Gasteiger partial charge in [0, 0.05) is 33.2 Å². The van der Waals surface area contributed by atoms with E-state index in [1.807, 2.05) is 7.05 Å². The summed E-state index contributed by atoms with van der Waals surface area (Å²) in [5, 5.41) is 6.80. The van der Waals surface area contributed by atoms with Crippen molar-refractivity contribution in [3.8, 4) is 0 Å². The second-order valence-electron chi connectivity index (χ2n) is 7.31. The molecule has 2 rings (SSSR count). The van der Waals surface area contributed by atoms with Crippen molar-refractivity contribution >= 4 is 5.96 Å². The van der Waals surface area contributed by atoms with Crippen molar-refractivity contribution in [3.05, 3.63) is 35.4 Å². The van der Waals surface area contributed by atoms with Crippen LogP contribution in [0.3, 0.4) is 0 Å². The Morgan fingerprint density at radius 1 is 1.08 bits per heavy atom. The van der Waals surface area contributed by atoms with Crippen LogP contribution in [0.1, 0.15) is 43.7 Å². The van der Waals surface area contributed by atoms with Crippen LogP contribution in [0.25, 0.3) is 0 Å². The summed E-state index contributed by atoms with van der Waals surface area (Å²) in [6.07, 6.45) is 5.21. The quantitative estimate of drug-likeness (QED) is 0.498. The van der Waals surface area contributed by atoms with E-state index >= 15 is 0 Å². The molecule has 1 fully saturated rings. The lowest BCUT2D eigenvalue weighted by atomic mass is 10.1. The van der Waals surface area contributed by atoms with Crippen molar-refractivity contribution in [2.75, 3.05) is 46.8 Å². The minimum atomic E-state index is 0.801. The van der Waals surface area contributed by atoms with Crippen molar-refractivity contribution in [2.45, 2.75) is 45.7 Å². The minimum absolute atomic E-state index is 0.801. The van der Waals surface area contributed by atoms with Crippen LogP contribution in [0.2, 0.25) is 0 Å². The van der Waals surface area contributed by atoms with Crippen LogP contribution in [0, 0.1) is 0 Å². The molecule has 0 unspecified atom stereocenters. The van der Waals surface area contributed by atoms with E-state index in [0.29, 0.717) is 0 Å². The van der Waals surface area contributed by atoms with Gasteiger partial charge in [-0.3, -0.25) is 9.89 Å². The van der Waals surface area contributed by atoms with E-state index in [0.717, 1.165) is 38.7 Å². The predicted octanol–water partition coefficient (Wildman–Crippen LogP) is 2.68. The Kier molecular flexibility index (Phi) is 9.50. The number of unbranched alkanes of at least 4 members (excludes halogenated alkanes) is 1. The number of aliphatic imine (C=N–C) groups is 1. The zero-order valence-electron chi connectivity index (χ0n) is 16.9. The molecule has 5 heteroatoms. The highest BCUT2D eigenvalue weighted by Crippen LogP contribution is 2.13. The average Bonchev–Trinajstić information content (AvgIpc) is 3.17. The maximum Gasteiger partial charge on any atom is 0.191 e. The maximum atomic E-state index is 4.32. The molecule has 1 aliphatic heterocycles. The predicted molar refractivity (Wildman–Crippen MR) is 112 cm³/mol. The molecule has 1 heterocycles. The summed E-state index contributed by atoms with van der Waals surface area (Å²) in [6.45, 7) is 9.72. The summed E-state index contributed by atoms with van der Waals surface area (Å²) in [4.78, 5) is 9.22. The number of likely N-dealkylation sites (tertiary alicyclic amines) is 1. The van der Waals surface area contributed by atoms with Gasteiger partial charge in [-0.1, -0.05) is 37.6 Å². The van der Waals surface area contributed by atoms with Gasteiger partial charge in [0.05, 0.1) is 0 Å². The molecule has 1 aromatic carbocycles. The molecule has 0 amide bonds. The SMILES string of the molecule is CCCCN(C)CCNC(=NC)NCc1ccc(CN2CCCC2)cc1. The Morgan fingerprint density at radius 3 is 2.42 bits per heavy atom. The van der Waals surface area contributed by atoms with Crippen LogP contribution in [0.15, 0.2) is 29.3 Å². The molecule has 0 aromatic heterocycles. The summed E-state index contributed by atoms with van der Waals surface area (Å²) < 4.78 is 0. The topological polar surface area (TPSA) is 42.9 Å². The third-order valence-corrected chi connectivity index (χ3v) is 4.99. The van der Waals surface area contributed by atoms with Crippen molar-refractivity contribution in [2.24, 2.45) is 4.99 Å². The molecule has 0 bridgehead atoms. The number of hydrogen-bond acceptors (Lipinski definition) is 3. The molecule has 2 N–H and O–H groups in total. The first-order chi connectivity index (χ1) is 12.7. The first kappa shape index (κ1) is 20.7. The van der Waals surface area contributed by atoms with E-state index in [-0.39, 0.29) is 0 Å². The Balaban J connectivity index is 1.67. The van der Waals surface area contributed by atoms with Crippen LogP contribution >= 0.6 is 0 Å². The average molecular weight is 360 g/mol. The Labute approximate surface area is 159 Å². The van der Waals surface area contributed by atoms with Gasteiger partial charge in [-0.15, -0.1) is 0 Å². The second kappa shape index (κ2) is 11.9. The highest BCUT2D eigenvalue weighted by Gasteiger charge is 2.11. The molecule has 26 heavy (non-hydrogen) atoms. The van der Waals surface area contributed by atoms with Crippen molar-refractivity contribution < 1.29 is 0 Å². The fourth-order valence-corrected chi connectivity index (χ4v) is 3.27. The summed E-state index contributed by atoms with van der Waals surface area (Å²) in [6, 6.07) is 8.97. The van der Waals surface area contributed by atoms with Crippen LogP contribution < -0.4 is 10.6 Å². The van der Waals surface area contributed by atoms with Crippen LogP contribution in [0.4, 0.5) is 0 Å². The lowest BCUT2D eigenvalue weighted by Gasteiger charge is -2.18. The number of rotatable bonds is 10. The summed E-state index contributed by atoms with van der Waals surface area (Å²) in [5.41, 5.74) is 2.70. The fraction of sp³-hybridized carbons (Fsp3) is 0.667. The van der Waals surface area contributed by atoms with Gasteiger partial charge in [-0.05, 0) is 57.1 Å². The van der Waals surface area contributed by atoms with Crippen LogP contribution in [0.5, 0.6) is 0 Å². The first-order valence-corrected chi connectivity index (χ1v) is 10.1. The molecule has 5 nitrogen and oxygen atoms in total. The Morgan fingerprint density at radius 2 is 1.77 bits per heavy atom. The van der Waals surface area contributed by atoms with E-state index in [4.69, 9.17) is 0 Å². The van der Waals surface area contributed by atoms with E-state index < -0.39 is 0 Å². The number of likely N-dealkylation sites (N-methyl/N-ethyl adjacent to an activating group) is 1. The molecular weight excluding hydrogens is 322 g/mol. The molecule has 0 spiro atoms. The highest BCUT2D eigenvalue weighted by atomic mass is 15.2. The molecule has 0 atom stereocenters. The van der Waals surface area contributed by atoms with Gasteiger partial charge in [0.25, 0.3) is 0 Å². The summed E-state index contributed by atoms with van der Waals surface area (Å²) in [7, 11) is 4.01. The molecular formula is C21H37N5. The molecule has 0 aliphatic carbocycles. The van der Waals surface area contributed by atoms with Gasteiger partial charge in [-0.2, -0.15) is 0 Å². The molecule has 146 valence electrons. The van der Waals surface area contributed by atoms with Gasteiger partial charge in [0.15, 0.2) is 5.96 Å². The third-order valence-electron chi connectivity index (χ3n) is 4.99. The van der Waals surface area contributed by atoms with Crippen LogP contribution in [-0.4, -0.2) is 62.6 Å². The number of nitrogens with one attached hydrogen (secondary N) is 2. The number of hydrogen-bond donors (Lipinski definition) is 2. The molecule has 1 saturated heterocycles. The second-order valence-corrected chi connectivity index (χ2v) is 7.31. The Hall–Kier alpha value is -1.59. The smallest absolute Gasteiger partial charge is 0.191 e. The first-order valence-electron chi connectivity index (χ1n) is 10.1. The van der Waals surface area contributed by atoms with E-state index in [1.54, 1.807) is 0 Å². The zero-order valence-corrected chi connectivity index (χ0v) is 16.9. The highest BCUT2D eigenvalue weighted by molar-refractivity contribution is 5.79. The van der Waals surface area contributed by atoms with Gasteiger partial charge in [0.1, 0.15) is 0 Å². The van der Waals surface area contributed by atoms with Gasteiger partial charge in [0.2, 0.25) is 0 Å². The fourth-order valence-electron chi connectivity index (χ4n) is 3.27. The van der Waals surface area contributed by atoms with Crippen molar-refractivity contribution in [3.63, 3.8) is 0 Å². The number of guanidine groups is 1. The van der Waals surface area contributed by atoms with Gasteiger partial charge < -0.3 is 15.5 Å². The monoisotopic (exact) mass is 359 g/mol. The normalized spacial score (nSPS) is 15.6. The van der Waals surface area contributed by atoms with Crippen molar-refractivity contribution in [1.29, 1.82) is 0 Å². The maximum absolute atomic E-state index is 4.32. The number of nitrogens with zero attached hydrogens (tertiary/aromatic N) is 3. The van der Waals surface area contributed by atoms with Crippen LogP contribution in [-0.2, 0) is 13.1 Å². The van der Waals surface area contributed by atoms with Gasteiger partial charge in [-0.25, -0.2) is 0 Å². The third kappa shape index (κ3) is 7.75. The lowest BCUT2D eigenvalue weighted by Crippen LogP contribution is -2.40. The largest absolute Gasteiger partial charge is 0.355 e. The standard InChI is InChI=1S/C21H37N5/c1-4-5-13-25(3)16-12-23-21(22-2)24-17-19-8-10-20(11-9-19)18-26-14-6-7-15-26/h8-11H,4-7,12-18H2,1-3H3,(H2,22,23,24). The molecule has 0 radical (unpaired) electrons. The molecule has 0 saturated carbocycles. The van der Waals surface area contributed by atoms with E-state index in [2.05, 4.69) is 63.7 Å². The summed E-state index contributed by atoms with van der Waals surface area (Å²) >= 11 is 0. The Bertz CT molecular complexity index is 520.